The fraction of sp³-hybridized carbons (Fsp3) is 0.333. The molecule has 154 valence electrons. The highest BCUT2D eigenvalue weighted by atomic mass is 16.5. The first-order valence-electron chi connectivity index (χ1n) is 9.94. The first-order chi connectivity index (χ1) is 14.2. The van der Waals surface area contributed by atoms with Crippen LogP contribution < -0.4 is 14.9 Å². The molecule has 2 atom stereocenters. The molecule has 0 fully saturated rings. The lowest BCUT2D eigenvalue weighted by Gasteiger charge is -2.47. The van der Waals surface area contributed by atoms with Crippen molar-refractivity contribution in [3.05, 3.63) is 63.0 Å². The minimum atomic E-state index is -0.604. The number of carbonyl (C=O) groups excluding carboxylic acids is 1. The van der Waals surface area contributed by atoms with Crippen LogP contribution in [0.2, 0.25) is 0 Å². The molecular weight excluding hydrogens is 384 g/mol. The number of fused-ring (bicyclic) bond motifs is 7. The van der Waals surface area contributed by atoms with Gasteiger partial charge in [0, 0.05) is 28.5 Å². The molecule has 0 spiro atoms. The zero-order valence-corrected chi connectivity index (χ0v) is 17.2. The summed E-state index contributed by atoms with van der Waals surface area (Å²) in [4.78, 5) is 24.8. The van der Waals surface area contributed by atoms with Gasteiger partial charge >= 0.3 is 0 Å². The van der Waals surface area contributed by atoms with E-state index in [2.05, 4.69) is 0 Å². The Labute approximate surface area is 173 Å². The van der Waals surface area contributed by atoms with Crippen LogP contribution in [0.4, 0.5) is 0 Å². The molecule has 6 heteroatoms. The van der Waals surface area contributed by atoms with Crippen molar-refractivity contribution in [2.75, 3.05) is 6.61 Å². The highest BCUT2D eigenvalue weighted by Crippen LogP contribution is 2.56. The Morgan fingerprint density at radius 1 is 1.13 bits per heavy atom. The summed E-state index contributed by atoms with van der Waals surface area (Å²) in [5, 5.41) is 11.5. The van der Waals surface area contributed by atoms with Crippen LogP contribution in [-0.2, 0) is 0 Å². The summed E-state index contributed by atoms with van der Waals surface area (Å²) < 4.78 is 18.2. The molecule has 5 rings (SSSR count). The number of rotatable bonds is 1. The number of ketones is 1. The third-order valence-electron chi connectivity index (χ3n) is 6.38. The summed E-state index contributed by atoms with van der Waals surface area (Å²) in [6, 6.07) is 6.80. The monoisotopic (exact) mass is 406 g/mol. The lowest BCUT2D eigenvalue weighted by Crippen LogP contribution is -2.49. The molecule has 2 aliphatic heterocycles. The largest absolute Gasteiger partial charge is 0.507 e. The third-order valence-corrected chi connectivity index (χ3v) is 6.38. The Morgan fingerprint density at radius 2 is 1.87 bits per heavy atom. The first-order valence-corrected chi connectivity index (χ1v) is 9.94. The highest BCUT2D eigenvalue weighted by molar-refractivity contribution is 5.98. The van der Waals surface area contributed by atoms with Crippen LogP contribution in [0.15, 0.2) is 39.7 Å². The van der Waals surface area contributed by atoms with Gasteiger partial charge in [-0.05, 0) is 52.0 Å². The van der Waals surface area contributed by atoms with E-state index in [4.69, 9.17) is 13.9 Å². The Morgan fingerprint density at radius 3 is 2.60 bits per heavy atom. The second kappa shape index (κ2) is 6.11. The maximum absolute atomic E-state index is 12.7. The van der Waals surface area contributed by atoms with Gasteiger partial charge in [0.1, 0.15) is 28.4 Å². The van der Waals surface area contributed by atoms with E-state index >= 15 is 0 Å². The minimum Gasteiger partial charge on any atom is -0.507 e. The summed E-state index contributed by atoms with van der Waals surface area (Å²) in [5.41, 5.74) is 1.73. The predicted molar refractivity (Wildman–Crippen MR) is 111 cm³/mol. The van der Waals surface area contributed by atoms with Crippen molar-refractivity contribution in [1.82, 2.24) is 0 Å². The lowest BCUT2D eigenvalue weighted by atomic mass is 9.69. The average Bonchev–Trinajstić information content (AvgIpc) is 2.69. The van der Waals surface area contributed by atoms with E-state index in [1.807, 2.05) is 13.8 Å². The average molecular weight is 406 g/mol. The van der Waals surface area contributed by atoms with Gasteiger partial charge in [0.05, 0.1) is 23.8 Å². The molecule has 0 bridgehead atoms. The molecule has 30 heavy (non-hydrogen) atoms. The molecule has 0 amide bonds. The number of hydrogen-bond acceptors (Lipinski definition) is 6. The van der Waals surface area contributed by atoms with Crippen LogP contribution in [0.5, 0.6) is 17.2 Å². The standard InChI is InChI=1S/C24H22O6/c1-11-9-29-23-14(21(11)26)6-7-16-20(23)18-15(10-28-16)24(3,4)30-17-8-5-13(12(2)25)22(27)19(17)18/h5-9,15,18,27H,10H2,1-4H3/t15-,18+/m1/s1. The predicted octanol–water partition coefficient (Wildman–Crippen LogP) is 4.32. The van der Waals surface area contributed by atoms with Gasteiger partial charge in [-0.3, -0.25) is 9.59 Å². The second-order valence-electron chi connectivity index (χ2n) is 8.63. The number of Topliss-reactive ketones (excluding diaryl/α,β-unsaturated/α-hetero) is 1. The van der Waals surface area contributed by atoms with Gasteiger partial charge in [0.2, 0.25) is 0 Å². The van der Waals surface area contributed by atoms with Crippen LogP contribution in [0.25, 0.3) is 11.0 Å². The first kappa shape index (κ1) is 18.7. The zero-order chi connectivity index (χ0) is 21.4. The molecule has 0 radical (unpaired) electrons. The van der Waals surface area contributed by atoms with Gasteiger partial charge < -0.3 is 19.0 Å². The van der Waals surface area contributed by atoms with Gasteiger partial charge in [0.15, 0.2) is 11.2 Å². The SMILES string of the molecule is CC(=O)c1ccc2c(c1O)[C@H]1c3c(ccc4c(=O)c(C)coc34)OC[C@H]1C(C)(C)O2. The summed E-state index contributed by atoms with van der Waals surface area (Å²) in [7, 11) is 0. The number of hydrogen-bond donors (Lipinski definition) is 1. The second-order valence-corrected chi connectivity index (χ2v) is 8.63. The van der Waals surface area contributed by atoms with Crippen LogP contribution in [0, 0.1) is 12.8 Å². The summed E-state index contributed by atoms with van der Waals surface area (Å²) in [5.74, 6) is 0.271. The summed E-state index contributed by atoms with van der Waals surface area (Å²) >= 11 is 0. The van der Waals surface area contributed by atoms with Crippen LogP contribution >= 0.6 is 0 Å². The summed E-state index contributed by atoms with van der Waals surface area (Å²) in [6.45, 7) is 7.45. The number of benzene rings is 2. The van der Waals surface area contributed by atoms with E-state index in [0.717, 1.165) is 0 Å². The van der Waals surface area contributed by atoms with E-state index in [1.54, 1.807) is 31.2 Å². The molecule has 2 aromatic carbocycles. The Hall–Kier alpha value is -3.28. The van der Waals surface area contributed by atoms with Gasteiger partial charge in [-0.15, -0.1) is 0 Å². The quantitative estimate of drug-likeness (QED) is 0.606. The fourth-order valence-electron chi connectivity index (χ4n) is 4.77. The Kier molecular flexibility index (Phi) is 3.81. The van der Waals surface area contributed by atoms with Gasteiger partial charge in [-0.1, -0.05) is 0 Å². The maximum atomic E-state index is 12.7. The number of ether oxygens (including phenoxy) is 2. The molecule has 6 nitrogen and oxygen atoms in total. The van der Waals surface area contributed by atoms with Gasteiger partial charge in [0.25, 0.3) is 0 Å². The topological polar surface area (TPSA) is 86.0 Å². The van der Waals surface area contributed by atoms with Crippen LogP contribution in [0.1, 0.15) is 53.7 Å². The van der Waals surface area contributed by atoms with E-state index in [1.165, 1.54) is 13.2 Å². The smallest absolute Gasteiger partial charge is 0.195 e. The Bertz CT molecular complexity index is 1280. The molecule has 0 unspecified atom stereocenters. The maximum Gasteiger partial charge on any atom is 0.195 e. The molecular formula is C24H22O6. The van der Waals surface area contributed by atoms with Crippen molar-refractivity contribution in [1.29, 1.82) is 0 Å². The van der Waals surface area contributed by atoms with Gasteiger partial charge in [-0.25, -0.2) is 0 Å². The van der Waals surface area contributed by atoms with Crippen molar-refractivity contribution >= 4 is 16.8 Å². The zero-order valence-electron chi connectivity index (χ0n) is 17.2. The number of aromatic hydroxyl groups is 1. The number of aryl methyl sites for hydroxylation is 1. The van der Waals surface area contributed by atoms with Crippen molar-refractivity contribution < 1.29 is 23.8 Å². The lowest BCUT2D eigenvalue weighted by molar-refractivity contribution is -0.0142. The van der Waals surface area contributed by atoms with Crippen molar-refractivity contribution in [2.45, 2.75) is 39.2 Å². The van der Waals surface area contributed by atoms with Crippen molar-refractivity contribution in [2.24, 2.45) is 5.92 Å². The molecule has 0 aliphatic carbocycles. The fourth-order valence-corrected chi connectivity index (χ4v) is 4.77. The van der Waals surface area contributed by atoms with E-state index < -0.39 is 5.60 Å². The molecule has 0 saturated heterocycles. The molecule has 3 heterocycles. The van der Waals surface area contributed by atoms with E-state index in [0.29, 0.717) is 45.8 Å². The highest BCUT2D eigenvalue weighted by Gasteiger charge is 2.50. The third kappa shape index (κ3) is 2.43. The minimum absolute atomic E-state index is 0.0928. The van der Waals surface area contributed by atoms with E-state index in [9.17, 15) is 14.7 Å². The number of carbonyl (C=O) groups is 1. The van der Waals surface area contributed by atoms with Gasteiger partial charge in [-0.2, -0.15) is 0 Å². The van der Waals surface area contributed by atoms with Crippen molar-refractivity contribution in [3.8, 4) is 17.2 Å². The molecule has 0 saturated carbocycles. The molecule has 1 N–H and O–H groups in total. The van der Waals surface area contributed by atoms with Crippen molar-refractivity contribution in [3.63, 3.8) is 0 Å². The normalized spacial score (nSPS) is 21.1. The molecule has 1 aromatic heterocycles. The van der Waals surface area contributed by atoms with Crippen LogP contribution in [-0.4, -0.2) is 23.1 Å². The molecule has 3 aromatic rings. The molecule has 2 aliphatic rings. The number of phenols is 1. The van der Waals surface area contributed by atoms with Crippen LogP contribution in [0.3, 0.4) is 0 Å². The number of phenolic OH excluding ortho intramolecular Hbond substituents is 1. The summed E-state index contributed by atoms with van der Waals surface area (Å²) in [6.07, 6.45) is 1.45. The van der Waals surface area contributed by atoms with E-state index in [-0.39, 0.29) is 34.4 Å². The Balaban J connectivity index is 1.89.